The van der Waals surface area contributed by atoms with Gasteiger partial charge in [-0.25, -0.2) is 4.79 Å². The Morgan fingerprint density at radius 2 is 1.57 bits per heavy atom. The molecule has 2 rings (SSSR count). The molecule has 46 heavy (non-hydrogen) atoms. The lowest BCUT2D eigenvalue weighted by Crippen LogP contribution is -2.53. The van der Waals surface area contributed by atoms with Crippen molar-refractivity contribution >= 4 is 47.2 Å². The largest absolute Gasteiger partial charge is 0.461 e. The Hall–Kier alpha value is -4.53. The van der Waals surface area contributed by atoms with Gasteiger partial charge in [0.2, 0.25) is 29.5 Å². The van der Waals surface area contributed by atoms with Crippen molar-refractivity contribution in [2.75, 3.05) is 31.5 Å². The number of amides is 7. The van der Waals surface area contributed by atoms with E-state index in [0.717, 1.165) is 23.4 Å². The molecule has 1 aliphatic rings. The summed E-state index contributed by atoms with van der Waals surface area (Å²) in [7, 11) is 0. The van der Waals surface area contributed by atoms with E-state index in [-0.39, 0.29) is 37.3 Å². The number of benzene rings is 1. The number of ether oxygens (including phenoxy) is 1. The Morgan fingerprint density at radius 1 is 0.978 bits per heavy atom. The van der Waals surface area contributed by atoms with E-state index >= 15 is 0 Å². The Kier molecular flexibility index (Phi) is 19.9. The SMILES string of the molecule is CC(=O)OCc1ccc(NC(=O)CNC(=O)C(NC(=O)CN2C(=O)CC(C(C)C)C2=O)C(C)C)cc1.CCCNC(N)=O.CCN. The zero-order valence-corrected chi connectivity index (χ0v) is 27.9. The van der Waals surface area contributed by atoms with E-state index in [1.165, 1.54) is 6.92 Å². The third-order valence-electron chi connectivity index (χ3n) is 6.30. The number of nitrogens with zero attached hydrogens (tertiary/aromatic N) is 1. The van der Waals surface area contributed by atoms with Gasteiger partial charge < -0.3 is 37.5 Å². The number of rotatable bonds is 13. The van der Waals surface area contributed by atoms with Crippen LogP contribution >= 0.6 is 0 Å². The molecular formula is C31H51N7O8. The standard InChI is InChI=1S/C25H34N4O7.C4H10N2O.C2H7N/c1-14(2)19-10-22(33)29(25(19)35)12-21(32)28-23(15(3)4)24(34)26-11-20(31)27-18-8-6-17(7-9-18)13-36-16(5)30;1-2-3-6-4(5)7;1-2-3/h6-9,14-15,19,23H,10-13H2,1-5H3,(H,26,34)(H,27,31)(H,28,32);2-3H2,1H3,(H3,5,6,7);2-3H2,1H3. The van der Waals surface area contributed by atoms with E-state index in [0.29, 0.717) is 12.2 Å². The van der Waals surface area contributed by atoms with Gasteiger partial charge in [-0.3, -0.25) is 33.7 Å². The van der Waals surface area contributed by atoms with E-state index in [1.54, 1.807) is 38.1 Å². The van der Waals surface area contributed by atoms with Crippen LogP contribution in [0.1, 0.15) is 66.9 Å². The van der Waals surface area contributed by atoms with Gasteiger partial charge >= 0.3 is 12.0 Å². The minimum Gasteiger partial charge on any atom is -0.461 e. The first-order valence-electron chi connectivity index (χ1n) is 15.2. The molecule has 0 aromatic heterocycles. The van der Waals surface area contributed by atoms with E-state index in [4.69, 9.17) is 16.2 Å². The molecular weight excluding hydrogens is 598 g/mol. The molecule has 1 aromatic carbocycles. The van der Waals surface area contributed by atoms with Crippen molar-refractivity contribution in [1.29, 1.82) is 0 Å². The Morgan fingerprint density at radius 3 is 2.00 bits per heavy atom. The number of anilines is 1. The number of nitrogens with two attached hydrogens (primary N) is 2. The molecule has 2 atom stereocenters. The molecule has 0 saturated carbocycles. The van der Waals surface area contributed by atoms with Crippen molar-refractivity contribution < 1.29 is 38.3 Å². The van der Waals surface area contributed by atoms with Crippen LogP contribution in [0.3, 0.4) is 0 Å². The van der Waals surface area contributed by atoms with Crippen molar-refractivity contribution in [3.63, 3.8) is 0 Å². The number of primary amides is 1. The number of esters is 1. The van der Waals surface area contributed by atoms with Crippen molar-refractivity contribution in [2.45, 2.75) is 74.0 Å². The first-order chi connectivity index (χ1) is 21.6. The minimum atomic E-state index is -0.959. The van der Waals surface area contributed by atoms with Gasteiger partial charge in [0.15, 0.2) is 0 Å². The fourth-order valence-corrected chi connectivity index (χ4v) is 3.89. The fraction of sp³-hybridized carbons (Fsp3) is 0.581. The molecule has 1 saturated heterocycles. The summed E-state index contributed by atoms with van der Waals surface area (Å²) in [6, 6.07) is 5.27. The third-order valence-corrected chi connectivity index (χ3v) is 6.30. The fourth-order valence-electron chi connectivity index (χ4n) is 3.89. The second-order valence-corrected chi connectivity index (χ2v) is 11.1. The van der Waals surface area contributed by atoms with Gasteiger partial charge in [-0.05, 0) is 42.5 Å². The molecule has 258 valence electrons. The smallest absolute Gasteiger partial charge is 0.312 e. The maximum atomic E-state index is 12.7. The van der Waals surface area contributed by atoms with Gasteiger partial charge in [0.25, 0.3) is 0 Å². The van der Waals surface area contributed by atoms with Crippen LogP contribution in [0.2, 0.25) is 0 Å². The average molecular weight is 650 g/mol. The van der Waals surface area contributed by atoms with Crippen LogP contribution in [0.15, 0.2) is 24.3 Å². The Balaban J connectivity index is 0.00000176. The highest BCUT2D eigenvalue weighted by atomic mass is 16.5. The van der Waals surface area contributed by atoms with E-state index < -0.39 is 54.1 Å². The van der Waals surface area contributed by atoms with E-state index in [2.05, 4.69) is 21.3 Å². The maximum Gasteiger partial charge on any atom is 0.312 e. The summed E-state index contributed by atoms with van der Waals surface area (Å²) < 4.78 is 4.90. The van der Waals surface area contributed by atoms with Crippen LogP contribution in [-0.2, 0) is 40.1 Å². The van der Waals surface area contributed by atoms with Crippen LogP contribution in [0.5, 0.6) is 0 Å². The summed E-state index contributed by atoms with van der Waals surface area (Å²) in [6.07, 6.45) is 1.00. The van der Waals surface area contributed by atoms with E-state index in [9.17, 15) is 33.6 Å². The minimum absolute atomic E-state index is 0.0199. The van der Waals surface area contributed by atoms with Crippen molar-refractivity contribution in [3.8, 4) is 0 Å². The number of likely N-dealkylation sites (tertiary alicyclic amines) is 1. The molecule has 0 aliphatic carbocycles. The van der Waals surface area contributed by atoms with Crippen LogP contribution in [0.25, 0.3) is 0 Å². The lowest BCUT2D eigenvalue weighted by molar-refractivity contribution is -0.144. The summed E-state index contributed by atoms with van der Waals surface area (Å²) in [5.74, 6) is -3.63. The number of hydrogen-bond acceptors (Lipinski definition) is 9. The lowest BCUT2D eigenvalue weighted by atomic mass is 9.94. The molecule has 1 heterocycles. The molecule has 1 aromatic rings. The van der Waals surface area contributed by atoms with Crippen molar-refractivity contribution in [1.82, 2.24) is 20.9 Å². The lowest BCUT2D eigenvalue weighted by Gasteiger charge is -2.23. The van der Waals surface area contributed by atoms with Gasteiger partial charge in [-0.15, -0.1) is 0 Å². The molecule has 0 bridgehead atoms. The normalized spacial score (nSPS) is 14.3. The predicted molar refractivity (Wildman–Crippen MR) is 173 cm³/mol. The number of hydrogen-bond donors (Lipinski definition) is 6. The molecule has 7 amide bonds. The Bertz CT molecular complexity index is 1170. The van der Waals surface area contributed by atoms with Crippen LogP contribution < -0.4 is 32.7 Å². The quantitative estimate of drug-likeness (QED) is 0.132. The highest BCUT2D eigenvalue weighted by molar-refractivity contribution is 6.06. The van der Waals surface area contributed by atoms with Crippen LogP contribution in [0.4, 0.5) is 10.5 Å². The second kappa shape index (κ2) is 22.1. The summed E-state index contributed by atoms with van der Waals surface area (Å²) in [5.41, 5.74) is 10.8. The molecule has 0 radical (unpaired) electrons. The van der Waals surface area contributed by atoms with Crippen LogP contribution in [-0.4, -0.2) is 78.7 Å². The van der Waals surface area contributed by atoms with Gasteiger partial charge in [0, 0.05) is 31.5 Å². The maximum absolute atomic E-state index is 12.7. The van der Waals surface area contributed by atoms with E-state index in [1.807, 2.05) is 27.7 Å². The number of carbonyl (C=O) groups is 7. The molecule has 1 aliphatic heterocycles. The highest BCUT2D eigenvalue weighted by Crippen LogP contribution is 2.26. The summed E-state index contributed by atoms with van der Waals surface area (Å²) in [5, 5.41) is 10.1. The number of urea groups is 1. The van der Waals surface area contributed by atoms with Gasteiger partial charge in [0.1, 0.15) is 19.2 Å². The number of carbonyl (C=O) groups excluding carboxylic acids is 7. The molecule has 15 nitrogen and oxygen atoms in total. The summed E-state index contributed by atoms with van der Waals surface area (Å²) in [4.78, 5) is 83.7. The highest BCUT2D eigenvalue weighted by Gasteiger charge is 2.41. The average Bonchev–Trinajstić information content (AvgIpc) is 3.26. The van der Waals surface area contributed by atoms with Crippen molar-refractivity contribution in [2.24, 2.45) is 29.2 Å². The Labute approximate surface area is 270 Å². The third kappa shape index (κ3) is 16.5. The topological polar surface area (TPSA) is 232 Å². The molecule has 1 fully saturated rings. The first kappa shape index (κ1) is 41.5. The number of nitrogens with one attached hydrogen (secondary N) is 4. The predicted octanol–water partition coefficient (Wildman–Crippen LogP) is 1.01. The number of imide groups is 1. The van der Waals surface area contributed by atoms with Gasteiger partial charge in [-0.2, -0.15) is 0 Å². The molecule has 15 heteroatoms. The zero-order valence-electron chi connectivity index (χ0n) is 27.9. The zero-order chi connectivity index (χ0) is 35.4. The van der Waals surface area contributed by atoms with Crippen LogP contribution in [0, 0.1) is 17.8 Å². The first-order valence-corrected chi connectivity index (χ1v) is 15.2. The van der Waals surface area contributed by atoms with Crippen molar-refractivity contribution in [3.05, 3.63) is 29.8 Å². The second-order valence-electron chi connectivity index (χ2n) is 11.1. The monoisotopic (exact) mass is 649 g/mol. The summed E-state index contributed by atoms with van der Waals surface area (Å²) in [6.45, 7) is 13.1. The molecule has 8 N–H and O–H groups in total. The van der Waals surface area contributed by atoms with Gasteiger partial charge in [0.05, 0.1) is 6.54 Å². The molecule has 2 unspecified atom stereocenters. The van der Waals surface area contributed by atoms with Gasteiger partial charge in [-0.1, -0.05) is 53.7 Å². The molecule has 0 spiro atoms. The summed E-state index contributed by atoms with van der Waals surface area (Å²) >= 11 is 0.